The van der Waals surface area contributed by atoms with Crippen molar-refractivity contribution in [1.82, 2.24) is 4.72 Å². The lowest BCUT2D eigenvalue weighted by molar-refractivity contribution is -0.384. The standard InChI is InChI=1S/C19H23N3O6S/c1-19(2,3)21-29(25,26)14-8-9-15(16(10-14)22(23)24)20-11-13-12-27-17-6-4-5-7-18(17)28-13/h4-10,13,20-21H,11-12H2,1-3H3/t13-/m1/s1. The van der Waals surface area contributed by atoms with Crippen molar-refractivity contribution in [2.75, 3.05) is 18.5 Å². The number of sulfonamides is 1. The molecule has 1 heterocycles. The molecule has 0 aromatic heterocycles. The predicted molar refractivity (Wildman–Crippen MR) is 108 cm³/mol. The SMILES string of the molecule is CC(C)(C)NS(=O)(=O)c1ccc(NC[C@@H]2COc3ccccc3O2)c([N+](=O)[O-])c1. The van der Waals surface area contributed by atoms with Gasteiger partial charge in [-0.25, -0.2) is 13.1 Å². The fourth-order valence-electron chi connectivity index (χ4n) is 2.83. The number of fused-ring (bicyclic) bond motifs is 1. The van der Waals surface area contributed by atoms with Crippen LogP contribution in [-0.4, -0.2) is 38.1 Å². The van der Waals surface area contributed by atoms with Gasteiger partial charge in [0, 0.05) is 11.6 Å². The molecule has 0 saturated heterocycles. The molecule has 0 saturated carbocycles. The van der Waals surface area contributed by atoms with Crippen LogP contribution in [0.2, 0.25) is 0 Å². The van der Waals surface area contributed by atoms with E-state index in [2.05, 4.69) is 10.0 Å². The van der Waals surface area contributed by atoms with E-state index >= 15 is 0 Å². The minimum absolute atomic E-state index is 0.171. The van der Waals surface area contributed by atoms with Crippen LogP contribution in [0.3, 0.4) is 0 Å². The quantitative estimate of drug-likeness (QED) is 0.543. The molecule has 1 atom stereocenters. The second kappa shape index (κ2) is 7.88. The third-order valence-electron chi connectivity index (χ3n) is 4.00. The molecular weight excluding hydrogens is 398 g/mol. The van der Waals surface area contributed by atoms with Gasteiger partial charge in [-0.3, -0.25) is 10.1 Å². The Morgan fingerprint density at radius 1 is 1.17 bits per heavy atom. The lowest BCUT2D eigenvalue weighted by Gasteiger charge is -2.26. The number of anilines is 1. The Hall–Kier alpha value is -2.85. The molecule has 2 aromatic carbocycles. The third kappa shape index (κ3) is 5.15. The largest absolute Gasteiger partial charge is 0.486 e. The van der Waals surface area contributed by atoms with E-state index in [1.54, 1.807) is 32.9 Å². The minimum Gasteiger partial charge on any atom is -0.486 e. The average Bonchev–Trinajstić information content (AvgIpc) is 2.64. The zero-order valence-electron chi connectivity index (χ0n) is 16.3. The number of nitrogens with zero attached hydrogens (tertiary/aromatic N) is 1. The highest BCUT2D eigenvalue weighted by atomic mass is 32.2. The lowest BCUT2D eigenvalue weighted by atomic mass is 10.1. The van der Waals surface area contributed by atoms with Crippen LogP contribution in [0.1, 0.15) is 20.8 Å². The van der Waals surface area contributed by atoms with Crippen LogP contribution in [0.4, 0.5) is 11.4 Å². The highest BCUT2D eigenvalue weighted by Gasteiger charge is 2.26. The van der Waals surface area contributed by atoms with Gasteiger partial charge in [-0.2, -0.15) is 0 Å². The minimum atomic E-state index is -3.89. The van der Waals surface area contributed by atoms with E-state index in [1.807, 2.05) is 12.1 Å². The first-order valence-electron chi connectivity index (χ1n) is 9.00. The number of nitrogens with one attached hydrogen (secondary N) is 2. The monoisotopic (exact) mass is 421 g/mol. The Kier molecular flexibility index (Phi) is 5.67. The number of ether oxygens (including phenoxy) is 2. The van der Waals surface area contributed by atoms with Gasteiger partial charge in [0.1, 0.15) is 18.4 Å². The summed E-state index contributed by atoms with van der Waals surface area (Å²) in [5.74, 6) is 1.25. The van der Waals surface area contributed by atoms with Crippen LogP contribution in [0.5, 0.6) is 11.5 Å². The van der Waals surface area contributed by atoms with Gasteiger partial charge >= 0.3 is 0 Å². The molecule has 9 nitrogen and oxygen atoms in total. The summed E-state index contributed by atoms with van der Waals surface area (Å²) in [6.07, 6.45) is -0.351. The second-order valence-corrected chi connectivity index (χ2v) is 9.35. The van der Waals surface area contributed by atoms with Crippen LogP contribution >= 0.6 is 0 Å². The van der Waals surface area contributed by atoms with Crippen LogP contribution in [0, 0.1) is 10.1 Å². The van der Waals surface area contributed by atoms with Gasteiger partial charge in [-0.05, 0) is 45.0 Å². The summed E-state index contributed by atoms with van der Waals surface area (Å²) in [4.78, 5) is 10.7. The Morgan fingerprint density at radius 3 is 2.52 bits per heavy atom. The summed E-state index contributed by atoms with van der Waals surface area (Å²) in [6, 6.07) is 11.0. The Bertz CT molecular complexity index is 1020. The molecule has 0 radical (unpaired) electrons. The maximum Gasteiger partial charge on any atom is 0.293 e. The zero-order valence-corrected chi connectivity index (χ0v) is 17.2. The summed E-state index contributed by atoms with van der Waals surface area (Å²) in [5.41, 5.74) is -0.842. The Labute approximate surface area is 169 Å². The normalized spacial score (nSPS) is 16.3. The van der Waals surface area contributed by atoms with E-state index in [0.29, 0.717) is 18.1 Å². The van der Waals surface area contributed by atoms with Crippen molar-refractivity contribution >= 4 is 21.4 Å². The van der Waals surface area contributed by atoms with Crippen molar-refractivity contribution in [2.45, 2.75) is 37.3 Å². The fraction of sp³-hybridized carbons (Fsp3) is 0.368. The van der Waals surface area contributed by atoms with Crippen LogP contribution < -0.4 is 19.5 Å². The van der Waals surface area contributed by atoms with Crippen molar-refractivity contribution in [3.8, 4) is 11.5 Å². The molecule has 29 heavy (non-hydrogen) atoms. The van der Waals surface area contributed by atoms with Gasteiger partial charge in [-0.1, -0.05) is 12.1 Å². The third-order valence-corrected chi connectivity index (χ3v) is 5.76. The van der Waals surface area contributed by atoms with Gasteiger partial charge in [0.25, 0.3) is 5.69 Å². The molecule has 156 valence electrons. The lowest BCUT2D eigenvalue weighted by Crippen LogP contribution is -2.40. The van der Waals surface area contributed by atoms with Crippen LogP contribution in [0.15, 0.2) is 47.4 Å². The summed E-state index contributed by atoms with van der Waals surface area (Å²) < 4.78 is 38.9. The summed E-state index contributed by atoms with van der Waals surface area (Å²) in [6.45, 7) is 5.62. The summed E-state index contributed by atoms with van der Waals surface area (Å²) >= 11 is 0. The van der Waals surface area contributed by atoms with Crippen molar-refractivity contribution in [2.24, 2.45) is 0 Å². The van der Waals surface area contributed by atoms with Gasteiger partial charge in [0.2, 0.25) is 10.0 Å². The second-order valence-electron chi connectivity index (χ2n) is 7.67. The number of nitro groups is 1. The predicted octanol–water partition coefficient (Wildman–Crippen LogP) is 2.92. The molecule has 10 heteroatoms. The number of benzene rings is 2. The first kappa shape index (κ1) is 20.9. The maximum absolute atomic E-state index is 12.5. The van der Waals surface area contributed by atoms with Crippen molar-refractivity contribution in [3.63, 3.8) is 0 Å². The molecule has 3 rings (SSSR count). The van der Waals surface area contributed by atoms with E-state index in [0.717, 1.165) is 6.07 Å². The van der Waals surface area contributed by atoms with Gasteiger partial charge in [0.15, 0.2) is 11.5 Å². The Morgan fingerprint density at radius 2 is 1.86 bits per heavy atom. The topological polar surface area (TPSA) is 120 Å². The van der Waals surface area contributed by atoms with Crippen molar-refractivity contribution in [1.29, 1.82) is 0 Å². The molecule has 0 unspecified atom stereocenters. The summed E-state index contributed by atoms with van der Waals surface area (Å²) in [7, 11) is -3.89. The molecule has 0 spiro atoms. The first-order chi connectivity index (χ1) is 13.5. The van der Waals surface area contributed by atoms with Crippen LogP contribution in [-0.2, 0) is 10.0 Å². The van der Waals surface area contributed by atoms with Gasteiger partial charge in [-0.15, -0.1) is 0 Å². The smallest absolute Gasteiger partial charge is 0.293 e. The first-order valence-corrected chi connectivity index (χ1v) is 10.5. The molecule has 2 aromatic rings. The van der Waals surface area contributed by atoms with E-state index < -0.39 is 20.5 Å². The van der Waals surface area contributed by atoms with Crippen molar-refractivity contribution < 1.29 is 22.8 Å². The molecule has 0 bridgehead atoms. The maximum atomic E-state index is 12.5. The van der Waals surface area contributed by atoms with Crippen LogP contribution in [0.25, 0.3) is 0 Å². The highest BCUT2D eigenvalue weighted by Crippen LogP contribution is 2.32. The number of nitro benzene ring substituents is 1. The van der Waals surface area contributed by atoms with E-state index in [-0.39, 0.29) is 28.9 Å². The average molecular weight is 421 g/mol. The molecule has 2 N–H and O–H groups in total. The van der Waals surface area contributed by atoms with Gasteiger partial charge < -0.3 is 14.8 Å². The fourth-order valence-corrected chi connectivity index (χ4v) is 4.27. The molecular formula is C19H23N3O6S. The molecule has 0 amide bonds. The molecule has 0 aliphatic carbocycles. The van der Waals surface area contributed by atoms with E-state index in [9.17, 15) is 18.5 Å². The number of hydrogen-bond acceptors (Lipinski definition) is 7. The molecule has 0 fully saturated rings. The molecule has 1 aliphatic rings. The summed E-state index contributed by atoms with van der Waals surface area (Å²) in [5, 5.41) is 14.5. The zero-order chi connectivity index (χ0) is 21.2. The van der Waals surface area contributed by atoms with E-state index in [1.165, 1.54) is 12.1 Å². The van der Waals surface area contributed by atoms with Crippen molar-refractivity contribution in [3.05, 3.63) is 52.6 Å². The number of para-hydroxylation sites is 2. The number of hydrogen-bond donors (Lipinski definition) is 2. The Balaban J connectivity index is 1.76. The van der Waals surface area contributed by atoms with E-state index in [4.69, 9.17) is 9.47 Å². The highest BCUT2D eigenvalue weighted by molar-refractivity contribution is 7.89. The molecule has 1 aliphatic heterocycles. The number of rotatable bonds is 6. The van der Waals surface area contributed by atoms with Gasteiger partial charge in [0.05, 0.1) is 16.4 Å².